The molecule has 0 bridgehead atoms. The molecule has 0 radical (unpaired) electrons. The molecule has 2 aliphatic rings. The van der Waals surface area contributed by atoms with Crippen molar-refractivity contribution in [3.05, 3.63) is 11.4 Å². The molecule has 2 heterocycles. The monoisotopic (exact) mass is 332 g/mol. The fraction of sp³-hybridized carbons (Fsp3) is 0.688. The summed E-state index contributed by atoms with van der Waals surface area (Å²) in [5.41, 5.74) is 1.91. The van der Waals surface area contributed by atoms with Gasteiger partial charge < -0.3 is 15.1 Å². The molecule has 2 amide bonds. The van der Waals surface area contributed by atoms with Crippen LogP contribution in [0.3, 0.4) is 0 Å². The van der Waals surface area contributed by atoms with E-state index in [4.69, 9.17) is 0 Å². The predicted molar refractivity (Wildman–Crippen MR) is 88.5 cm³/mol. The van der Waals surface area contributed by atoms with Crippen LogP contribution in [0.25, 0.3) is 0 Å². The van der Waals surface area contributed by atoms with E-state index in [0.717, 1.165) is 37.1 Å². The Morgan fingerprint density at radius 1 is 1.04 bits per heavy atom. The normalized spacial score (nSPS) is 17.8. The smallest absolute Gasteiger partial charge is 0.312 e. The minimum absolute atomic E-state index is 0.201. The Kier molecular flexibility index (Phi) is 4.92. The number of hydrogen-bond donors (Lipinski definition) is 1. The van der Waals surface area contributed by atoms with Crippen LogP contribution >= 0.6 is 0 Å². The van der Waals surface area contributed by atoms with E-state index >= 15 is 0 Å². The summed E-state index contributed by atoms with van der Waals surface area (Å²) in [6, 6.07) is 0.201. The summed E-state index contributed by atoms with van der Waals surface area (Å²) >= 11 is 0. The number of carbonyl (C=O) groups is 2. The van der Waals surface area contributed by atoms with Crippen molar-refractivity contribution in [2.24, 2.45) is 0 Å². The number of amides is 2. The van der Waals surface area contributed by atoms with E-state index in [1.807, 2.05) is 11.8 Å². The summed E-state index contributed by atoms with van der Waals surface area (Å²) in [7, 11) is 0. The van der Waals surface area contributed by atoms with E-state index in [0.29, 0.717) is 32.1 Å². The summed E-state index contributed by atoms with van der Waals surface area (Å²) < 4.78 is 0. The zero-order valence-corrected chi connectivity index (χ0v) is 14.3. The van der Waals surface area contributed by atoms with Crippen molar-refractivity contribution < 1.29 is 9.59 Å². The molecule has 1 N–H and O–H groups in total. The van der Waals surface area contributed by atoms with Gasteiger partial charge in [-0.05, 0) is 25.7 Å². The standard InChI is InChI=1S/C16H24N6O2/c1-3-12-13(4-2)19-20-16(18-12)22-9-7-21(8-10-22)15(24)14(23)17-11-5-6-11/h11H,3-10H2,1-2H3,(H,17,23). The van der Waals surface area contributed by atoms with Crippen LogP contribution in [0.4, 0.5) is 5.95 Å². The zero-order chi connectivity index (χ0) is 17.1. The first-order chi connectivity index (χ1) is 11.6. The number of carbonyl (C=O) groups excluding carboxylic acids is 2. The largest absolute Gasteiger partial charge is 0.345 e. The van der Waals surface area contributed by atoms with Crippen molar-refractivity contribution in [3.63, 3.8) is 0 Å². The van der Waals surface area contributed by atoms with Gasteiger partial charge in [-0.15, -0.1) is 5.10 Å². The average Bonchev–Trinajstić information content (AvgIpc) is 3.44. The molecular weight excluding hydrogens is 308 g/mol. The van der Waals surface area contributed by atoms with Gasteiger partial charge in [0.15, 0.2) is 0 Å². The maximum Gasteiger partial charge on any atom is 0.312 e. The molecule has 1 aliphatic heterocycles. The molecule has 1 aromatic heterocycles. The van der Waals surface area contributed by atoms with Gasteiger partial charge in [-0.2, -0.15) is 5.10 Å². The third-order valence-corrected chi connectivity index (χ3v) is 4.45. The Hall–Kier alpha value is -2.25. The number of anilines is 1. The maximum atomic E-state index is 12.1. The third kappa shape index (κ3) is 3.63. The van der Waals surface area contributed by atoms with Crippen molar-refractivity contribution in [3.8, 4) is 0 Å². The van der Waals surface area contributed by atoms with E-state index in [9.17, 15) is 9.59 Å². The van der Waals surface area contributed by atoms with E-state index in [1.54, 1.807) is 4.90 Å². The number of aryl methyl sites for hydroxylation is 2. The summed E-state index contributed by atoms with van der Waals surface area (Å²) in [6.45, 7) is 6.32. The Bertz CT molecular complexity index is 623. The highest BCUT2D eigenvalue weighted by atomic mass is 16.2. The SMILES string of the molecule is CCc1nnc(N2CCN(C(=O)C(=O)NC3CC3)CC2)nc1CC. The molecule has 8 heteroatoms. The second-order valence-corrected chi connectivity index (χ2v) is 6.24. The highest BCUT2D eigenvalue weighted by Gasteiger charge is 2.31. The molecular formula is C16H24N6O2. The van der Waals surface area contributed by atoms with E-state index < -0.39 is 11.8 Å². The van der Waals surface area contributed by atoms with Crippen LogP contribution in [0.2, 0.25) is 0 Å². The number of hydrogen-bond acceptors (Lipinski definition) is 6. The van der Waals surface area contributed by atoms with Gasteiger partial charge in [0, 0.05) is 32.2 Å². The van der Waals surface area contributed by atoms with Crippen LogP contribution in [-0.2, 0) is 22.4 Å². The number of nitrogens with one attached hydrogen (secondary N) is 1. The fourth-order valence-corrected chi connectivity index (χ4v) is 2.79. The van der Waals surface area contributed by atoms with Crippen LogP contribution < -0.4 is 10.2 Å². The topological polar surface area (TPSA) is 91.3 Å². The van der Waals surface area contributed by atoms with Gasteiger partial charge in [0.05, 0.1) is 11.4 Å². The minimum Gasteiger partial charge on any atom is -0.345 e. The molecule has 8 nitrogen and oxygen atoms in total. The first-order valence-corrected chi connectivity index (χ1v) is 8.69. The van der Waals surface area contributed by atoms with E-state index in [1.165, 1.54) is 0 Å². The van der Waals surface area contributed by atoms with Crippen LogP contribution in [-0.4, -0.2) is 64.1 Å². The lowest BCUT2D eigenvalue weighted by atomic mass is 10.2. The van der Waals surface area contributed by atoms with Crippen LogP contribution in [0.1, 0.15) is 38.1 Å². The lowest BCUT2D eigenvalue weighted by Gasteiger charge is -2.34. The molecule has 1 saturated heterocycles. The Labute approximate surface area is 141 Å². The van der Waals surface area contributed by atoms with Gasteiger partial charge in [0.2, 0.25) is 5.95 Å². The van der Waals surface area contributed by atoms with Gasteiger partial charge in [-0.25, -0.2) is 4.98 Å². The molecule has 1 saturated carbocycles. The van der Waals surface area contributed by atoms with Crippen molar-refractivity contribution in [2.75, 3.05) is 31.1 Å². The van der Waals surface area contributed by atoms with Gasteiger partial charge in [0.25, 0.3) is 0 Å². The van der Waals surface area contributed by atoms with E-state index in [2.05, 4.69) is 27.4 Å². The first kappa shape index (κ1) is 16.6. The number of rotatable bonds is 4. The minimum atomic E-state index is -0.482. The quantitative estimate of drug-likeness (QED) is 0.776. The van der Waals surface area contributed by atoms with Crippen molar-refractivity contribution in [1.82, 2.24) is 25.4 Å². The Balaban J connectivity index is 1.58. The van der Waals surface area contributed by atoms with Crippen molar-refractivity contribution in [1.29, 1.82) is 0 Å². The molecule has 0 atom stereocenters. The van der Waals surface area contributed by atoms with Crippen molar-refractivity contribution in [2.45, 2.75) is 45.6 Å². The predicted octanol–water partition coefficient (Wildman–Crippen LogP) is -0.0764. The Morgan fingerprint density at radius 3 is 2.29 bits per heavy atom. The summed E-state index contributed by atoms with van der Waals surface area (Å²) in [6.07, 6.45) is 3.60. The highest BCUT2D eigenvalue weighted by Crippen LogP contribution is 2.19. The lowest BCUT2D eigenvalue weighted by molar-refractivity contribution is -0.146. The highest BCUT2D eigenvalue weighted by molar-refractivity contribution is 6.35. The summed E-state index contributed by atoms with van der Waals surface area (Å²) in [5, 5.41) is 11.2. The maximum absolute atomic E-state index is 12.1. The summed E-state index contributed by atoms with van der Waals surface area (Å²) in [5.74, 6) is -0.306. The molecule has 1 aliphatic carbocycles. The first-order valence-electron chi connectivity index (χ1n) is 8.69. The van der Waals surface area contributed by atoms with Gasteiger partial charge in [-0.3, -0.25) is 9.59 Å². The number of piperazine rings is 1. The summed E-state index contributed by atoms with van der Waals surface area (Å²) in [4.78, 5) is 32.2. The van der Waals surface area contributed by atoms with Crippen LogP contribution in [0.5, 0.6) is 0 Å². The lowest BCUT2D eigenvalue weighted by Crippen LogP contribution is -2.53. The van der Waals surface area contributed by atoms with Gasteiger partial charge >= 0.3 is 11.8 Å². The Morgan fingerprint density at radius 2 is 1.71 bits per heavy atom. The van der Waals surface area contributed by atoms with Gasteiger partial charge in [-0.1, -0.05) is 13.8 Å². The molecule has 24 heavy (non-hydrogen) atoms. The van der Waals surface area contributed by atoms with Crippen molar-refractivity contribution >= 4 is 17.8 Å². The molecule has 0 spiro atoms. The molecule has 2 fully saturated rings. The van der Waals surface area contributed by atoms with Gasteiger partial charge in [0.1, 0.15) is 0 Å². The molecule has 3 rings (SSSR count). The molecule has 1 aromatic rings. The number of nitrogens with zero attached hydrogens (tertiary/aromatic N) is 5. The third-order valence-electron chi connectivity index (χ3n) is 4.45. The number of aromatic nitrogens is 3. The average molecular weight is 332 g/mol. The van der Waals surface area contributed by atoms with Crippen LogP contribution in [0, 0.1) is 0 Å². The second-order valence-electron chi connectivity index (χ2n) is 6.24. The second kappa shape index (κ2) is 7.11. The molecule has 0 aromatic carbocycles. The fourth-order valence-electron chi connectivity index (χ4n) is 2.79. The van der Waals surface area contributed by atoms with E-state index in [-0.39, 0.29) is 6.04 Å². The van der Waals surface area contributed by atoms with Crippen LogP contribution in [0.15, 0.2) is 0 Å². The molecule has 0 unspecified atom stereocenters. The zero-order valence-electron chi connectivity index (χ0n) is 14.3. The molecule has 130 valence electrons.